The highest BCUT2D eigenvalue weighted by Crippen LogP contribution is 2.19. The van der Waals surface area contributed by atoms with Crippen LogP contribution >= 0.6 is 15.9 Å². The Bertz CT molecular complexity index is 442. The number of halogens is 1. The lowest BCUT2D eigenvalue weighted by molar-refractivity contribution is 0.0241. The van der Waals surface area contributed by atoms with Crippen LogP contribution in [0.5, 0.6) is 0 Å². The van der Waals surface area contributed by atoms with Crippen LogP contribution in [0.1, 0.15) is 42.5 Å². The van der Waals surface area contributed by atoms with Gasteiger partial charge in [0.2, 0.25) is 0 Å². The number of ether oxygens (including phenoxy) is 1. The summed E-state index contributed by atoms with van der Waals surface area (Å²) >= 11 is 3.35. The van der Waals surface area contributed by atoms with Crippen LogP contribution in [0.15, 0.2) is 28.7 Å². The second kappa shape index (κ2) is 8.51. The maximum absolute atomic E-state index is 11.9. The van der Waals surface area contributed by atoms with E-state index in [0.29, 0.717) is 30.9 Å². The second-order valence-electron chi connectivity index (χ2n) is 5.52. The van der Waals surface area contributed by atoms with E-state index in [1.807, 2.05) is 12.1 Å². The number of benzene rings is 1. The topological polar surface area (TPSA) is 64.3 Å². The van der Waals surface area contributed by atoms with Crippen LogP contribution in [0.4, 0.5) is 0 Å². The molecule has 116 valence electrons. The Morgan fingerprint density at radius 1 is 1.24 bits per heavy atom. The van der Waals surface area contributed by atoms with Gasteiger partial charge in [-0.25, -0.2) is 0 Å². The minimum atomic E-state index is -0.0360. The molecule has 2 rings (SSSR count). The molecule has 1 aromatic rings. The van der Waals surface area contributed by atoms with Crippen molar-refractivity contribution in [2.45, 2.75) is 44.2 Å². The third kappa shape index (κ3) is 5.77. The molecule has 5 heteroatoms. The third-order valence-electron chi connectivity index (χ3n) is 3.79. The summed E-state index contributed by atoms with van der Waals surface area (Å²) in [6.07, 6.45) is 5.44. The molecule has 0 radical (unpaired) electrons. The Morgan fingerprint density at radius 2 is 1.90 bits per heavy atom. The van der Waals surface area contributed by atoms with Gasteiger partial charge in [0.15, 0.2) is 0 Å². The number of carbonyl (C=O) groups excluding carboxylic acids is 1. The molecule has 1 amide bonds. The molecule has 0 bridgehead atoms. The molecule has 1 fully saturated rings. The zero-order valence-electron chi connectivity index (χ0n) is 12.2. The molecule has 0 aliphatic heterocycles. The number of nitrogens with one attached hydrogen (secondary N) is 1. The van der Waals surface area contributed by atoms with E-state index in [0.717, 1.165) is 36.6 Å². The van der Waals surface area contributed by atoms with Crippen LogP contribution in [-0.2, 0) is 4.74 Å². The van der Waals surface area contributed by atoms with Crippen molar-refractivity contribution in [3.63, 3.8) is 0 Å². The lowest BCUT2D eigenvalue weighted by atomic mass is 9.94. The lowest BCUT2D eigenvalue weighted by Crippen LogP contribution is -2.31. The van der Waals surface area contributed by atoms with E-state index in [4.69, 9.17) is 10.5 Å². The molecule has 4 nitrogen and oxygen atoms in total. The SMILES string of the molecule is NC1CCC(OCCCNC(=O)c2ccc(Br)cc2)CC1. The van der Waals surface area contributed by atoms with Crippen molar-refractivity contribution in [2.75, 3.05) is 13.2 Å². The summed E-state index contributed by atoms with van der Waals surface area (Å²) in [7, 11) is 0. The highest BCUT2D eigenvalue weighted by atomic mass is 79.9. The van der Waals surface area contributed by atoms with E-state index in [9.17, 15) is 4.79 Å². The van der Waals surface area contributed by atoms with Crippen LogP contribution < -0.4 is 11.1 Å². The van der Waals surface area contributed by atoms with E-state index >= 15 is 0 Å². The van der Waals surface area contributed by atoms with Crippen molar-refractivity contribution in [3.8, 4) is 0 Å². The average molecular weight is 355 g/mol. The highest BCUT2D eigenvalue weighted by molar-refractivity contribution is 9.10. The minimum absolute atomic E-state index is 0.0360. The molecular formula is C16H23BrN2O2. The van der Waals surface area contributed by atoms with Gasteiger partial charge in [-0.05, 0) is 56.4 Å². The van der Waals surface area contributed by atoms with Crippen molar-refractivity contribution in [1.29, 1.82) is 0 Å². The van der Waals surface area contributed by atoms with E-state index in [1.165, 1.54) is 0 Å². The summed E-state index contributed by atoms with van der Waals surface area (Å²) in [5.41, 5.74) is 6.55. The molecule has 0 atom stereocenters. The van der Waals surface area contributed by atoms with Gasteiger partial charge >= 0.3 is 0 Å². The number of carbonyl (C=O) groups is 1. The summed E-state index contributed by atoms with van der Waals surface area (Å²) in [6, 6.07) is 7.70. The molecule has 0 unspecified atom stereocenters. The van der Waals surface area contributed by atoms with E-state index in [-0.39, 0.29) is 5.91 Å². The van der Waals surface area contributed by atoms with E-state index < -0.39 is 0 Å². The molecular weight excluding hydrogens is 332 g/mol. The average Bonchev–Trinajstić information content (AvgIpc) is 2.49. The van der Waals surface area contributed by atoms with Crippen molar-refractivity contribution in [3.05, 3.63) is 34.3 Å². The van der Waals surface area contributed by atoms with Crippen LogP contribution in [-0.4, -0.2) is 31.2 Å². The number of amides is 1. The molecule has 21 heavy (non-hydrogen) atoms. The Balaban J connectivity index is 1.57. The van der Waals surface area contributed by atoms with Gasteiger partial charge in [0.25, 0.3) is 5.91 Å². The maximum Gasteiger partial charge on any atom is 0.251 e. The fraction of sp³-hybridized carbons (Fsp3) is 0.562. The van der Waals surface area contributed by atoms with Crippen molar-refractivity contribution in [2.24, 2.45) is 5.73 Å². The molecule has 0 spiro atoms. The molecule has 1 saturated carbocycles. The minimum Gasteiger partial charge on any atom is -0.378 e. The summed E-state index contributed by atoms with van der Waals surface area (Å²) in [6.45, 7) is 1.33. The van der Waals surface area contributed by atoms with Gasteiger partial charge in [-0.2, -0.15) is 0 Å². The lowest BCUT2D eigenvalue weighted by Gasteiger charge is -2.26. The first-order valence-electron chi connectivity index (χ1n) is 7.56. The Hall–Kier alpha value is -0.910. The van der Waals surface area contributed by atoms with Gasteiger partial charge in [0.1, 0.15) is 0 Å². The maximum atomic E-state index is 11.9. The summed E-state index contributed by atoms with van der Waals surface area (Å²) in [5, 5.41) is 2.91. The monoisotopic (exact) mass is 354 g/mol. The van der Waals surface area contributed by atoms with E-state index in [1.54, 1.807) is 12.1 Å². The predicted molar refractivity (Wildman–Crippen MR) is 87.3 cm³/mol. The Labute approximate surface area is 134 Å². The Morgan fingerprint density at radius 3 is 2.57 bits per heavy atom. The summed E-state index contributed by atoms with van der Waals surface area (Å²) in [5.74, 6) is -0.0360. The fourth-order valence-electron chi connectivity index (χ4n) is 2.48. The summed E-state index contributed by atoms with van der Waals surface area (Å²) in [4.78, 5) is 11.9. The number of nitrogens with two attached hydrogens (primary N) is 1. The van der Waals surface area contributed by atoms with Gasteiger partial charge in [-0.15, -0.1) is 0 Å². The van der Waals surface area contributed by atoms with Crippen LogP contribution in [0, 0.1) is 0 Å². The van der Waals surface area contributed by atoms with Crippen LogP contribution in [0.2, 0.25) is 0 Å². The van der Waals surface area contributed by atoms with Crippen molar-refractivity contribution in [1.82, 2.24) is 5.32 Å². The molecule has 0 heterocycles. The first kappa shape index (κ1) is 16.5. The molecule has 1 aliphatic carbocycles. The second-order valence-corrected chi connectivity index (χ2v) is 6.44. The molecule has 1 aliphatic rings. The van der Waals surface area contributed by atoms with Crippen molar-refractivity contribution < 1.29 is 9.53 Å². The quantitative estimate of drug-likeness (QED) is 0.772. The highest BCUT2D eigenvalue weighted by Gasteiger charge is 2.18. The normalized spacial score (nSPS) is 22.0. The zero-order chi connectivity index (χ0) is 15.1. The molecule has 0 saturated heterocycles. The van der Waals surface area contributed by atoms with Gasteiger partial charge in [-0.1, -0.05) is 15.9 Å². The predicted octanol–water partition coefficient (Wildman–Crippen LogP) is 2.86. The van der Waals surface area contributed by atoms with Gasteiger partial charge in [-0.3, -0.25) is 4.79 Å². The molecule has 3 N–H and O–H groups in total. The first-order chi connectivity index (χ1) is 10.1. The Kier molecular flexibility index (Phi) is 6.67. The number of rotatable bonds is 6. The number of hydrogen-bond donors (Lipinski definition) is 2. The first-order valence-corrected chi connectivity index (χ1v) is 8.35. The van der Waals surface area contributed by atoms with Crippen LogP contribution in [0.25, 0.3) is 0 Å². The van der Waals surface area contributed by atoms with Crippen LogP contribution in [0.3, 0.4) is 0 Å². The zero-order valence-corrected chi connectivity index (χ0v) is 13.8. The number of hydrogen-bond acceptors (Lipinski definition) is 3. The van der Waals surface area contributed by atoms with E-state index in [2.05, 4.69) is 21.2 Å². The third-order valence-corrected chi connectivity index (χ3v) is 4.31. The summed E-state index contributed by atoms with van der Waals surface area (Å²) < 4.78 is 6.79. The smallest absolute Gasteiger partial charge is 0.251 e. The van der Waals surface area contributed by atoms with Gasteiger partial charge < -0.3 is 15.8 Å². The largest absolute Gasteiger partial charge is 0.378 e. The standard InChI is InChI=1S/C16H23BrN2O2/c17-13-4-2-12(3-5-13)16(20)19-10-1-11-21-15-8-6-14(18)7-9-15/h2-5,14-15H,1,6-11,18H2,(H,19,20). The fourth-order valence-corrected chi connectivity index (χ4v) is 2.75. The van der Waals surface area contributed by atoms with Gasteiger partial charge in [0.05, 0.1) is 6.10 Å². The molecule has 0 aromatic heterocycles. The molecule has 1 aromatic carbocycles. The van der Waals surface area contributed by atoms with Gasteiger partial charge in [0, 0.05) is 29.2 Å². The van der Waals surface area contributed by atoms with Crippen molar-refractivity contribution >= 4 is 21.8 Å².